The number of thiophene rings is 1. The van der Waals surface area contributed by atoms with Crippen LogP contribution >= 0.6 is 11.3 Å². The van der Waals surface area contributed by atoms with E-state index < -0.39 is 23.1 Å². The Morgan fingerprint density at radius 3 is 2.58 bits per heavy atom. The van der Waals surface area contributed by atoms with E-state index in [0.717, 1.165) is 15.6 Å². The molecule has 0 saturated carbocycles. The normalized spacial score (nSPS) is 10.5. The summed E-state index contributed by atoms with van der Waals surface area (Å²) < 4.78 is 0.945. The number of primary amides is 1. The number of carbonyl (C=O) groups is 2. The highest BCUT2D eigenvalue weighted by Crippen LogP contribution is 2.15. The molecule has 0 spiro atoms. The molecule has 132 valence electrons. The van der Waals surface area contributed by atoms with Crippen LogP contribution in [0.1, 0.15) is 25.6 Å². The van der Waals surface area contributed by atoms with E-state index in [1.165, 1.54) is 23.5 Å². The highest BCUT2D eigenvalue weighted by molar-refractivity contribution is 7.09. The third-order valence-electron chi connectivity index (χ3n) is 3.64. The molecule has 0 aliphatic heterocycles. The highest BCUT2D eigenvalue weighted by Gasteiger charge is 2.17. The summed E-state index contributed by atoms with van der Waals surface area (Å²) in [4.78, 5) is 51.6. The average molecular weight is 370 g/mol. The molecule has 4 N–H and O–H groups in total. The third-order valence-corrected chi connectivity index (χ3v) is 4.50. The van der Waals surface area contributed by atoms with E-state index in [0.29, 0.717) is 0 Å². The van der Waals surface area contributed by atoms with Gasteiger partial charge < -0.3 is 16.0 Å². The Morgan fingerprint density at radius 1 is 1.12 bits per heavy atom. The minimum atomic E-state index is -0.750. The number of carbonyl (C=O) groups excluding carboxylic acids is 2. The smallest absolute Gasteiger partial charge is 0.328 e. The predicted molar refractivity (Wildman–Crippen MR) is 97.7 cm³/mol. The van der Waals surface area contributed by atoms with Crippen LogP contribution in [0.15, 0.2) is 57.6 Å². The van der Waals surface area contributed by atoms with E-state index in [2.05, 4.69) is 10.3 Å². The molecule has 0 aliphatic rings. The van der Waals surface area contributed by atoms with E-state index in [1.807, 2.05) is 5.38 Å². The number of aromatic amines is 1. The molecule has 0 aliphatic carbocycles. The number of aromatic nitrogens is 2. The lowest BCUT2D eigenvalue weighted by molar-refractivity contribution is 0.100. The van der Waals surface area contributed by atoms with Gasteiger partial charge >= 0.3 is 5.69 Å². The van der Waals surface area contributed by atoms with Crippen LogP contribution < -0.4 is 22.3 Å². The lowest BCUT2D eigenvalue weighted by atomic mass is 10.1. The zero-order valence-corrected chi connectivity index (χ0v) is 14.2. The molecule has 8 nitrogen and oxygen atoms in total. The van der Waals surface area contributed by atoms with Crippen molar-refractivity contribution in [2.24, 2.45) is 5.73 Å². The number of nitrogens with two attached hydrogens (primary N) is 1. The fourth-order valence-electron chi connectivity index (χ4n) is 2.37. The van der Waals surface area contributed by atoms with Gasteiger partial charge in [-0.1, -0.05) is 18.2 Å². The number of para-hydroxylation sites is 1. The predicted octanol–water partition coefficient (Wildman–Crippen LogP) is 0.998. The molecule has 0 radical (unpaired) electrons. The lowest BCUT2D eigenvalue weighted by Gasteiger charge is -2.09. The van der Waals surface area contributed by atoms with Gasteiger partial charge in [-0.05, 0) is 23.6 Å². The summed E-state index contributed by atoms with van der Waals surface area (Å²) >= 11 is 1.39. The first kappa shape index (κ1) is 17.4. The fraction of sp³-hybridized carbons (Fsp3) is 0.0588. The topological polar surface area (TPSA) is 127 Å². The number of amides is 2. The first-order valence-corrected chi connectivity index (χ1v) is 8.40. The Labute approximate surface area is 150 Å². The van der Waals surface area contributed by atoms with Crippen LogP contribution in [0.2, 0.25) is 0 Å². The van der Waals surface area contributed by atoms with Gasteiger partial charge in [-0.25, -0.2) is 4.79 Å². The van der Waals surface area contributed by atoms with Crippen LogP contribution in [-0.2, 0) is 6.54 Å². The largest absolute Gasteiger partial charge is 0.366 e. The molecular formula is C17H14N4O4S. The zero-order valence-electron chi connectivity index (χ0n) is 13.4. The van der Waals surface area contributed by atoms with Gasteiger partial charge in [0, 0.05) is 11.1 Å². The Bertz CT molecular complexity index is 1080. The van der Waals surface area contributed by atoms with Gasteiger partial charge in [-0.2, -0.15) is 0 Å². The Kier molecular flexibility index (Phi) is 4.81. The van der Waals surface area contributed by atoms with E-state index in [-0.39, 0.29) is 23.4 Å². The average Bonchev–Trinajstić information content (AvgIpc) is 3.12. The maximum Gasteiger partial charge on any atom is 0.328 e. The molecule has 2 aromatic heterocycles. The second-order valence-corrected chi connectivity index (χ2v) is 6.37. The van der Waals surface area contributed by atoms with Crippen LogP contribution in [0.5, 0.6) is 0 Å². The van der Waals surface area contributed by atoms with E-state index >= 15 is 0 Å². The van der Waals surface area contributed by atoms with Crippen molar-refractivity contribution < 1.29 is 9.59 Å². The maximum absolute atomic E-state index is 12.6. The van der Waals surface area contributed by atoms with E-state index in [4.69, 9.17) is 5.73 Å². The molecule has 3 aromatic rings. The number of benzene rings is 1. The van der Waals surface area contributed by atoms with Crippen molar-refractivity contribution in [2.75, 3.05) is 5.32 Å². The molecule has 0 unspecified atom stereocenters. The number of nitrogens with one attached hydrogen (secondary N) is 2. The number of nitrogens with zero attached hydrogens (tertiary/aromatic N) is 1. The summed E-state index contributed by atoms with van der Waals surface area (Å²) in [6.45, 7) is 0.0603. The quantitative estimate of drug-likeness (QED) is 0.619. The zero-order chi connectivity index (χ0) is 18.7. The molecule has 1 aromatic carbocycles. The van der Waals surface area contributed by atoms with Crippen molar-refractivity contribution >= 4 is 28.8 Å². The summed E-state index contributed by atoms with van der Waals surface area (Å²) in [5, 5.41) is 4.31. The van der Waals surface area contributed by atoms with Gasteiger partial charge in [-0.15, -0.1) is 11.3 Å². The Balaban J connectivity index is 1.95. The summed E-state index contributed by atoms with van der Waals surface area (Å²) in [6, 6.07) is 9.75. The Hall–Kier alpha value is -3.46. The molecule has 0 saturated heterocycles. The first-order valence-electron chi connectivity index (χ1n) is 7.52. The van der Waals surface area contributed by atoms with Crippen molar-refractivity contribution in [3.8, 4) is 0 Å². The molecule has 0 bridgehead atoms. The van der Waals surface area contributed by atoms with Crippen LogP contribution in [0.4, 0.5) is 5.69 Å². The van der Waals surface area contributed by atoms with Gasteiger partial charge in [0.25, 0.3) is 17.4 Å². The van der Waals surface area contributed by atoms with Crippen molar-refractivity contribution in [2.45, 2.75) is 6.54 Å². The third kappa shape index (κ3) is 3.47. The van der Waals surface area contributed by atoms with Gasteiger partial charge in [-0.3, -0.25) is 19.0 Å². The van der Waals surface area contributed by atoms with Crippen molar-refractivity contribution in [3.05, 3.63) is 84.8 Å². The highest BCUT2D eigenvalue weighted by atomic mass is 32.1. The monoisotopic (exact) mass is 370 g/mol. The van der Waals surface area contributed by atoms with Gasteiger partial charge in [0.1, 0.15) is 5.56 Å². The van der Waals surface area contributed by atoms with Crippen molar-refractivity contribution in [1.29, 1.82) is 0 Å². The molecule has 2 heterocycles. The molecule has 26 heavy (non-hydrogen) atoms. The summed E-state index contributed by atoms with van der Waals surface area (Å²) in [6.07, 6.45) is 1.05. The SMILES string of the molecule is NC(=O)c1ccccc1NC(=O)c1c[nH]c(=O)n(Cc2cccs2)c1=O. The molecule has 2 amide bonds. The van der Waals surface area contributed by atoms with Gasteiger partial charge in [0.15, 0.2) is 0 Å². The van der Waals surface area contributed by atoms with Crippen LogP contribution in [0.25, 0.3) is 0 Å². The van der Waals surface area contributed by atoms with Crippen LogP contribution in [0.3, 0.4) is 0 Å². The number of hydrogen-bond acceptors (Lipinski definition) is 5. The maximum atomic E-state index is 12.6. The summed E-state index contributed by atoms with van der Waals surface area (Å²) in [5.41, 5.74) is 3.98. The van der Waals surface area contributed by atoms with Gasteiger partial charge in [0.2, 0.25) is 0 Å². The number of anilines is 1. The Morgan fingerprint density at radius 2 is 1.88 bits per heavy atom. The molecule has 9 heteroatoms. The fourth-order valence-corrected chi connectivity index (χ4v) is 3.07. The standard InChI is InChI=1S/C17H14N4O4S/c18-14(22)11-5-1-2-6-13(11)20-15(23)12-8-19-17(25)21(16(12)24)9-10-4-3-7-26-10/h1-8H,9H2,(H2,18,22)(H,19,25)(H,20,23). The molecule has 0 atom stereocenters. The number of hydrogen-bond donors (Lipinski definition) is 3. The molecular weight excluding hydrogens is 356 g/mol. The number of rotatable bonds is 5. The van der Waals surface area contributed by atoms with Crippen molar-refractivity contribution in [1.82, 2.24) is 9.55 Å². The summed E-state index contributed by atoms with van der Waals surface area (Å²) in [5.74, 6) is -1.46. The van der Waals surface area contributed by atoms with Crippen LogP contribution in [-0.4, -0.2) is 21.4 Å². The summed E-state index contributed by atoms with van der Waals surface area (Å²) in [7, 11) is 0. The minimum Gasteiger partial charge on any atom is -0.366 e. The van der Waals surface area contributed by atoms with E-state index in [9.17, 15) is 19.2 Å². The van der Waals surface area contributed by atoms with Gasteiger partial charge in [0.05, 0.1) is 17.8 Å². The van der Waals surface area contributed by atoms with E-state index in [1.54, 1.807) is 24.3 Å². The minimum absolute atomic E-state index is 0.0603. The second kappa shape index (κ2) is 7.19. The van der Waals surface area contributed by atoms with Crippen LogP contribution in [0, 0.1) is 0 Å². The molecule has 0 fully saturated rings. The van der Waals surface area contributed by atoms with Crippen molar-refractivity contribution in [3.63, 3.8) is 0 Å². The lowest BCUT2D eigenvalue weighted by Crippen LogP contribution is -2.39. The number of H-pyrrole nitrogens is 1. The second-order valence-electron chi connectivity index (χ2n) is 5.34. The first-order chi connectivity index (χ1) is 12.5. The molecule has 3 rings (SSSR count).